The fraction of sp³-hybridized carbons (Fsp3) is 0.970. The molecule has 0 aromatic carbocycles. The molecule has 8 nitrogen and oxygen atoms in total. The number of carbonyl (C=O) groups excluding carboxylic acids is 1. The number of aliphatic hydroxyl groups is 1. The van der Waals surface area contributed by atoms with Crippen LogP contribution < -0.4 is 0 Å². The molecule has 4 rings (SSSR count). The van der Waals surface area contributed by atoms with Gasteiger partial charge in [-0.3, -0.25) is 4.79 Å². The van der Waals surface area contributed by atoms with E-state index in [9.17, 15) is 4.79 Å². The second-order valence-electron chi connectivity index (χ2n) is 13.5. The third-order valence-electron chi connectivity index (χ3n) is 11.4. The zero-order valence-corrected chi connectivity index (χ0v) is 26.1. The quantitative estimate of drug-likeness (QED) is 0.219. The van der Waals surface area contributed by atoms with E-state index in [0.29, 0.717) is 95.9 Å². The zero-order valence-electron chi connectivity index (χ0n) is 26.1. The lowest BCUT2D eigenvalue weighted by atomic mass is 9.44. The van der Waals surface area contributed by atoms with E-state index in [0.717, 1.165) is 30.1 Å². The van der Waals surface area contributed by atoms with E-state index in [1.54, 1.807) is 0 Å². The first-order valence-corrected chi connectivity index (χ1v) is 16.5. The SMILES string of the molecule is CC(=O)[C@H]1CC[C@H]2[C@@H]3CC[C@H]4C[C@@H](OCCOCCOCCOCCOCCOCCO)CC[C@]4(C)[C@H]3CC[C@]12C. The standard InChI is InChI=1S/C33H58O8/c1-25(35)29-6-7-30-28-5-4-26-24-27(8-10-32(26,2)31(28)9-11-33(29,30)3)41-23-22-40-21-20-39-19-18-38-17-16-37-15-14-36-13-12-34/h26-31,34H,4-24H2,1-3H3/t26-,27-,28-,29+,30-,31-,32-,33+/m0/s1. The van der Waals surface area contributed by atoms with Crippen molar-refractivity contribution in [3.63, 3.8) is 0 Å². The van der Waals surface area contributed by atoms with Gasteiger partial charge in [0.25, 0.3) is 0 Å². The van der Waals surface area contributed by atoms with Crippen LogP contribution in [0.25, 0.3) is 0 Å². The number of fused-ring (bicyclic) bond motifs is 5. The summed E-state index contributed by atoms with van der Waals surface area (Å²) in [6.45, 7) is 12.8. The smallest absolute Gasteiger partial charge is 0.133 e. The van der Waals surface area contributed by atoms with E-state index >= 15 is 0 Å². The van der Waals surface area contributed by atoms with Crippen LogP contribution in [-0.4, -0.2) is 96.3 Å². The number of hydrogen-bond acceptors (Lipinski definition) is 8. The Morgan fingerprint density at radius 1 is 0.659 bits per heavy atom. The average molecular weight is 583 g/mol. The van der Waals surface area contributed by atoms with Crippen LogP contribution in [0.2, 0.25) is 0 Å². The molecule has 0 amide bonds. The largest absolute Gasteiger partial charge is 0.394 e. The molecule has 0 saturated heterocycles. The Balaban J connectivity index is 1.02. The fourth-order valence-corrected chi connectivity index (χ4v) is 9.36. The van der Waals surface area contributed by atoms with Gasteiger partial charge in [-0.1, -0.05) is 13.8 Å². The van der Waals surface area contributed by atoms with E-state index in [2.05, 4.69) is 13.8 Å². The summed E-state index contributed by atoms with van der Waals surface area (Å²) in [5, 5.41) is 8.62. The minimum atomic E-state index is 0.0374. The summed E-state index contributed by atoms with van der Waals surface area (Å²) in [5.74, 6) is 3.91. The summed E-state index contributed by atoms with van der Waals surface area (Å²) in [5.41, 5.74) is 0.696. The van der Waals surface area contributed by atoms with Gasteiger partial charge < -0.3 is 33.5 Å². The predicted octanol–water partition coefficient (Wildman–Crippen LogP) is 4.69. The van der Waals surface area contributed by atoms with Crippen molar-refractivity contribution >= 4 is 5.78 Å². The molecular weight excluding hydrogens is 524 g/mol. The van der Waals surface area contributed by atoms with Gasteiger partial charge in [-0.25, -0.2) is 0 Å². The van der Waals surface area contributed by atoms with Crippen molar-refractivity contribution in [2.75, 3.05) is 79.3 Å². The highest BCUT2D eigenvalue weighted by molar-refractivity contribution is 5.79. The second-order valence-corrected chi connectivity index (χ2v) is 13.5. The van der Waals surface area contributed by atoms with Gasteiger partial charge in [-0.2, -0.15) is 0 Å². The molecular formula is C33H58O8. The molecule has 0 aromatic rings. The minimum absolute atomic E-state index is 0.0374. The van der Waals surface area contributed by atoms with E-state index in [1.807, 2.05) is 6.92 Å². The van der Waals surface area contributed by atoms with E-state index in [4.69, 9.17) is 33.5 Å². The van der Waals surface area contributed by atoms with Gasteiger partial charge in [0, 0.05) is 5.92 Å². The topological polar surface area (TPSA) is 92.7 Å². The maximum absolute atomic E-state index is 12.4. The summed E-state index contributed by atoms with van der Waals surface area (Å²) >= 11 is 0. The second kappa shape index (κ2) is 16.5. The summed E-state index contributed by atoms with van der Waals surface area (Å²) in [6, 6.07) is 0. The summed E-state index contributed by atoms with van der Waals surface area (Å²) in [7, 11) is 0. The molecule has 0 spiro atoms. The zero-order chi connectivity index (χ0) is 29.1. The molecule has 0 heterocycles. The molecule has 8 heteroatoms. The van der Waals surface area contributed by atoms with Crippen LogP contribution in [0.5, 0.6) is 0 Å². The first kappa shape index (κ1) is 33.3. The predicted molar refractivity (Wildman–Crippen MR) is 157 cm³/mol. The fourth-order valence-electron chi connectivity index (χ4n) is 9.36. The molecule has 0 bridgehead atoms. The minimum Gasteiger partial charge on any atom is -0.394 e. The molecule has 4 fully saturated rings. The van der Waals surface area contributed by atoms with Gasteiger partial charge in [0.2, 0.25) is 0 Å². The molecule has 4 saturated carbocycles. The average Bonchev–Trinajstić information content (AvgIpc) is 3.32. The van der Waals surface area contributed by atoms with E-state index < -0.39 is 0 Å². The third kappa shape index (κ3) is 8.52. The summed E-state index contributed by atoms with van der Waals surface area (Å²) in [6.07, 6.45) is 11.7. The van der Waals surface area contributed by atoms with Crippen molar-refractivity contribution in [1.29, 1.82) is 0 Å². The Labute approximate surface area is 248 Å². The highest BCUT2D eigenvalue weighted by Gasteiger charge is 2.60. The molecule has 0 unspecified atom stereocenters. The third-order valence-corrected chi connectivity index (χ3v) is 11.4. The normalized spacial score (nSPS) is 36.5. The molecule has 41 heavy (non-hydrogen) atoms. The van der Waals surface area contributed by atoms with Gasteiger partial charge in [-0.15, -0.1) is 0 Å². The number of carbonyl (C=O) groups is 1. The number of rotatable bonds is 19. The molecule has 4 aliphatic rings. The lowest BCUT2D eigenvalue weighted by molar-refractivity contribution is -0.143. The van der Waals surface area contributed by atoms with Crippen LogP contribution in [0.4, 0.5) is 0 Å². The number of ether oxygens (including phenoxy) is 6. The Hall–Kier alpha value is -0.610. The van der Waals surface area contributed by atoms with E-state index in [-0.39, 0.29) is 12.0 Å². The highest BCUT2D eigenvalue weighted by Crippen LogP contribution is 2.67. The van der Waals surface area contributed by atoms with Crippen molar-refractivity contribution in [3.05, 3.63) is 0 Å². The molecule has 0 aliphatic heterocycles. The molecule has 1 N–H and O–H groups in total. The molecule has 8 atom stereocenters. The first-order chi connectivity index (χ1) is 19.9. The Morgan fingerprint density at radius 3 is 1.78 bits per heavy atom. The number of ketones is 1. The summed E-state index contributed by atoms with van der Waals surface area (Å²) < 4.78 is 33.6. The molecule has 0 radical (unpaired) electrons. The van der Waals surface area contributed by atoms with Crippen LogP contribution in [0.1, 0.15) is 78.6 Å². The first-order valence-electron chi connectivity index (χ1n) is 16.5. The maximum atomic E-state index is 12.4. The van der Waals surface area contributed by atoms with Crippen molar-refractivity contribution in [2.45, 2.75) is 84.7 Å². The van der Waals surface area contributed by atoms with Crippen molar-refractivity contribution in [3.8, 4) is 0 Å². The Bertz CT molecular complexity index is 778. The van der Waals surface area contributed by atoms with Gasteiger partial charge in [0.15, 0.2) is 0 Å². The van der Waals surface area contributed by atoms with Crippen LogP contribution in [-0.2, 0) is 33.2 Å². The molecule has 4 aliphatic carbocycles. The molecule has 238 valence electrons. The lowest BCUT2D eigenvalue weighted by Crippen LogP contribution is -2.54. The van der Waals surface area contributed by atoms with Gasteiger partial charge in [0.1, 0.15) is 5.78 Å². The molecule has 0 aromatic heterocycles. The van der Waals surface area contributed by atoms with Crippen LogP contribution >= 0.6 is 0 Å². The Kier molecular flexibility index (Phi) is 13.4. The van der Waals surface area contributed by atoms with Crippen LogP contribution in [0.15, 0.2) is 0 Å². The Morgan fingerprint density at radius 2 is 1.20 bits per heavy atom. The van der Waals surface area contributed by atoms with Crippen molar-refractivity contribution < 1.29 is 38.3 Å². The number of Topliss-reactive ketones (excluding diaryl/α,β-unsaturated/α-hetero) is 1. The van der Waals surface area contributed by atoms with E-state index in [1.165, 1.54) is 51.4 Å². The lowest BCUT2D eigenvalue weighted by Gasteiger charge is -2.61. The monoisotopic (exact) mass is 582 g/mol. The highest BCUT2D eigenvalue weighted by atomic mass is 16.6. The van der Waals surface area contributed by atoms with Gasteiger partial charge >= 0.3 is 0 Å². The van der Waals surface area contributed by atoms with Gasteiger partial charge in [-0.05, 0) is 99.2 Å². The maximum Gasteiger partial charge on any atom is 0.133 e. The van der Waals surface area contributed by atoms with Crippen molar-refractivity contribution in [1.82, 2.24) is 0 Å². The van der Waals surface area contributed by atoms with Crippen LogP contribution in [0.3, 0.4) is 0 Å². The van der Waals surface area contributed by atoms with Gasteiger partial charge in [0.05, 0.1) is 85.4 Å². The summed E-state index contributed by atoms with van der Waals surface area (Å²) in [4.78, 5) is 12.4. The van der Waals surface area contributed by atoms with Crippen molar-refractivity contribution in [2.24, 2.45) is 40.4 Å². The van der Waals surface area contributed by atoms with Crippen LogP contribution in [0, 0.1) is 40.4 Å². The number of hydrogen-bond donors (Lipinski definition) is 1. The number of aliphatic hydroxyl groups excluding tert-OH is 1.